The molecule has 1 atom stereocenters. The lowest BCUT2D eigenvalue weighted by atomic mass is 10.2. The van der Waals surface area contributed by atoms with Crippen molar-refractivity contribution in [2.24, 2.45) is 0 Å². The van der Waals surface area contributed by atoms with Crippen LogP contribution in [0.1, 0.15) is 40.5 Å². The highest BCUT2D eigenvalue weighted by Crippen LogP contribution is 2.56. The van der Waals surface area contributed by atoms with Crippen molar-refractivity contribution in [3.8, 4) is 0 Å². The largest absolute Gasteiger partial charge is 1.00 e. The average Bonchev–Trinajstić information content (AvgIpc) is 2.85. The third-order valence-electron chi connectivity index (χ3n) is 7.39. The summed E-state index contributed by atoms with van der Waals surface area (Å²) >= 11 is 0. The first-order valence-electron chi connectivity index (χ1n) is 12.9. The van der Waals surface area contributed by atoms with E-state index in [9.17, 15) is 4.79 Å². The van der Waals surface area contributed by atoms with Gasteiger partial charge in [0, 0.05) is 19.8 Å². The van der Waals surface area contributed by atoms with Gasteiger partial charge in [-0.3, -0.25) is 4.79 Å². The molecule has 0 aliphatic heterocycles. The lowest BCUT2D eigenvalue weighted by Gasteiger charge is -2.40. The van der Waals surface area contributed by atoms with Crippen LogP contribution in [-0.2, 0) is 14.0 Å². The van der Waals surface area contributed by atoms with E-state index in [1.54, 1.807) is 0 Å². The molecule has 3 aromatic rings. The van der Waals surface area contributed by atoms with E-state index in [0.717, 1.165) is 12.6 Å². The van der Waals surface area contributed by atoms with Crippen LogP contribution in [-0.4, -0.2) is 33.2 Å². The highest BCUT2D eigenvalue weighted by Gasteiger charge is 2.46. The van der Waals surface area contributed by atoms with Crippen LogP contribution >= 0.6 is 7.26 Å². The van der Waals surface area contributed by atoms with Crippen LogP contribution in [0.5, 0.6) is 0 Å². The van der Waals surface area contributed by atoms with Crippen LogP contribution in [0, 0.1) is 0 Å². The van der Waals surface area contributed by atoms with E-state index < -0.39 is 15.6 Å². The topological polar surface area (TPSA) is 35.5 Å². The molecule has 0 heterocycles. The summed E-state index contributed by atoms with van der Waals surface area (Å²) in [7, 11) is -3.94. The minimum atomic E-state index is -2.01. The predicted octanol–water partition coefficient (Wildman–Crippen LogP) is 3.72. The summed E-state index contributed by atoms with van der Waals surface area (Å²) in [5.41, 5.74) is 0. The van der Waals surface area contributed by atoms with E-state index in [2.05, 4.69) is 125 Å². The third kappa shape index (κ3) is 8.22. The van der Waals surface area contributed by atoms with E-state index in [4.69, 9.17) is 9.16 Å². The molecule has 0 N–H and O–H groups in total. The number of ether oxygens (including phenoxy) is 1. The molecule has 0 saturated heterocycles. The second-order valence-electron chi connectivity index (χ2n) is 11.0. The Bertz CT molecular complexity index is 989. The molecule has 0 radical (unpaired) electrons. The van der Waals surface area contributed by atoms with Crippen molar-refractivity contribution in [3.63, 3.8) is 0 Å². The van der Waals surface area contributed by atoms with Crippen molar-refractivity contribution in [1.82, 2.24) is 0 Å². The summed E-state index contributed by atoms with van der Waals surface area (Å²) in [6, 6.07) is 32.9. The van der Waals surface area contributed by atoms with Crippen LogP contribution < -0.4 is 39.9 Å². The number of esters is 1. The molecule has 0 aromatic heterocycles. The second-order valence-corrected chi connectivity index (χ2v) is 19.3. The summed E-state index contributed by atoms with van der Waals surface area (Å²) in [6.07, 6.45) is 2.63. The van der Waals surface area contributed by atoms with Crippen molar-refractivity contribution < 1.29 is 37.9 Å². The Hall–Kier alpha value is -1.53. The first-order valence-corrected chi connectivity index (χ1v) is 17.8. The third-order valence-corrected chi connectivity index (χ3v) is 16.4. The Labute approximate surface area is 242 Å². The van der Waals surface area contributed by atoms with E-state index in [1.807, 2.05) is 0 Å². The monoisotopic (exact) mass is 648 g/mol. The van der Waals surface area contributed by atoms with Crippen molar-refractivity contribution in [2.45, 2.75) is 64.8 Å². The number of hydrogen-bond donors (Lipinski definition) is 0. The van der Waals surface area contributed by atoms with Crippen molar-refractivity contribution in [3.05, 3.63) is 91.0 Å². The molecule has 0 bridgehead atoms. The molecule has 6 heteroatoms. The molecule has 3 nitrogen and oxygen atoms in total. The highest BCUT2D eigenvalue weighted by molar-refractivity contribution is 7.95. The lowest BCUT2D eigenvalue weighted by molar-refractivity contribution is -0.141. The molecule has 0 spiro atoms. The van der Waals surface area contributed by atoms with Crippen LogP contribution in [0.2, 0.25) is 18.1 Å². The first kappa shape index (κ1) is 31.7. The molecular weight excluding hydrogens is 606 g/mol. The van der Waals surface area contributed by atoms with Gasteiger partial charge < -0.3 is 33.1 Å². The Morgan fingerprint density at radius 1 is 0.784 bits per heavy atom. The smallest absolute Gasteiger partial charge is 0.302 e. The Morgan fingerprint density at radius 2 is 1.19 bits per heavy atom. The number of halogens is 1. The molecule has 0 aliphatic carbocycles. The molecule has 3 aromatic carbocycles. The van der Waals surface area contributed by atoms with Gasteiger partial charge >= 0.3 is 5.97 Å². The minimum absolute atomic E-state index is 0. The molecule has 3 rings (SSSR count). The van der Waals surface area contributed by atoms with Gasteiger partial charge in [-0.15, -0.1) is 0 Å². The summed E-state index contributed by atoms with van der Waals surface area (Å²) < 4.78 is 12.3. The van der Waals surface area contributed by atoms with Gasteiger partial charge in [-0.25, -0.2) is 0 Å². The maximum absolute atomic E-state index is 11.5. The number of hydrogen-bond acceptors (Lipinski definition) is 3. The van der Waals surface area contributed by atoms with Gasteiger partial charge in [-0.2, -0.15) is 0 Å². The minimum Gasteiger partial charge on any atom is -1.00 e. The summed E-state index contributed by atoms with van der Waals surface area (Å²) in [6.45, 7) is 13.3. The fraction of sp³-hybridized carbons (Fsp3) is 0.387. The fourth-order valence-corrected chi connectivity index (χ4v) is 10.2. The maximum Gasteiger partial charge on any atom is 0.302 e. The zero-order valence-corrected chi connectivity index (χ0v) is 27.2. The molecule has 0 aliphatic rings. The van der Waals surface area contributed by atoms with E-state index in [-0.39, 0.29) is 41.1 Å². The van der Waals surface area contributed by atoms with Crippen LogP contribution in [0.15, 0.2) is 91.0 Å². The zero-order chi connectivity index (χ0) is 26.2. The van der Waals surface area contributed by atoms with Crippen LogP contribution in [0.25, 0.3) is 0 Å². The van der Waals surface area contributed by atoms with Gasteiger partial charge in [0.05, 0.1) is 18.9 Å². The van der Waals surface area contributed by atoms with Gasteiger partial charge in [0.15, 0.2) is 8.32 Å². The van der Waals surface area contributed by atoms with E-state index >= 15 is 0 Å². The molecule has 0 unspecified atom stereocenters. The quantitative estimate of drug-likeness (QED) is 0.138. The molecule has 37 heavy (non-hydrogen) atoms. The van der Waals surface area contributed by atoms with Gasteiger partial charge in [-0.1, -0.05) is 75.4 Å². The standard InChI is InChI=1S/C31H42O3PSi.HI/c1-26(32)33-24-22-27(34-36(5,6)31(2,3)4)23-25-35(28-16-10-7-11-17-28,29-18-12-8-13-19-29)30-20-14-9-15-21-30;/h7-21,27H,22-25H2,1-6H3;1H/q+1;/p-1/t27-;/m0./s1. The summed E-state index contributed by atoms with van der Waals surface area (Å²) in [4.78, 5) is 11.5. The summed E-state index contributed by atoms with van der Waals surface area (Å²) in [5, 5.41) is 4.26. The first-order chi connectivity index (χ1) is 17.1. The van der Waals surface area contributed by atoms with Crippen molar-refractivity contribution in [1.29, 1.82) is 0 Å². The number of rotatable bonds is 11. The SMILES string of the molecule is CC(=O)OCC[C@@H](CC[P+](c1ccccc1)(c1ccccc1)c1ccccc1)O[Si](C)(C)C(C)(C)C.[I-]. The van der Waals surface area contributed by atoms with Gasteiger partial charge in [-0.05, 0) is 54.5 Å². The molecular formula is C31H42IO3PSi. The molecule has 0 fully saturated rings. The summed E-state index contributed by atoms with van der Waals surface area (Å²) in [5.74, 6) is -0.235. The Balaban J connectivity index is 0.00000481. The Kier molecular flexibility index (Phi) is 12.0. The van der Waals surface area contributed by atoms with Gasteiger partial charge in [0.25, 0.3) is 0 Å². The maximum atomic E-state index is 11.5. The Morgan fingerprint density at radius 3 is 1.54 bits per heavy atom. The lowest BCUT2D eigenvalue weighted by Crippen LogP contribution is -3.00. The molecule has 0 amide bonds. The number of benzene rings is 3. The number of carbonyl (C=O) groups is 1. The molecule has 200 valence electrons. The normalized spacial score (nSPS) is 12.9. The van der Waals surface area contributed by atoms with E-state index in [1.165, 1.54) is 22.8 Å². The predicted molar refractivity (Wildman–Crippen MR) is 158 cm³/mol. The second kappa shape index (κ2) is 14.0. The van der Waals surface area contributed by atoms with Crippen LogP contribution in [0.3, 0.4) is 0 Å². The van der Waals surface area contributed by atoms with Gasteiger partial charge in [0.2, 0.25) is 0 Å². The van der Waals surface area contributed by atoms with Crippen LogP contribution in [0.4, 0.5) is 0 Å². The van der Waals surface area contributed by atoms with E-state index in [0.29, 0.717) is 13.0 Å². The average molecular weight is 649 g/mol. The zero-order valence-electron chi connectivity index (χ0n) is 23.1. The number of carbonyl (C=O) groups excluding carboxylic acids is 1. The highest BCUT2D eigenvalue weighted by atomic mass is 127. The fourth-order valence-electron chi connectivity index (χ4n) is 4.41. The molecule has 0 saturated carbocycles. The van der Waals surface area contributed by atoms with Gasteiger partial charge in [0.1, 0.15) is 23.2 Å². The van der Waals surface area contributed by atoms with Crippen molar-refractivity contribution >= 4 is 37.5 Å². The van der Waals surface area contributed by atoms with Crippen molar-refractivity contribution in [2.75, 3.05) is 12.8 Å².